The van der Waals surface area contributed by atoms with Gasteiger partial charge in [-0.2, -0.15) is 0 Å². The molecule has 4 rings (SSSR count). The lowest BCUT2D eigenvalue weighted by Crippen LogP contribution is -2.40. The first-order chi connectivity index (χ1) is 11.5. The molecule has 1 aromatic rings. The first kappa shape index (κ1) is 15.2. The molecule has 0 radical (unpaired) electrons. The van der Waals surface area contributed by atoms with Crippen LogP contribution >= 0.6 is 0 Å². The van der Waals surface area contributed by atoms with E-state index < -0.39 is 5.97 Å². The van der Waals surface area contributed by atoms with Crippen molar-refractivity contribution < 1.29 is 19.5 Å². The monoisotopic (exact) mass is 328 g/mol. The molecule has 2 N–H and O–H groups in total. The van der Waals surface area contributed by atoms with Crippen LogP contribution in [0.25, 0.3) is 0 Å². The van der Waals surface area contributed by atoms with E-state index in [1.807, 2.05) is 11.0 Å². The van der Waals surface area contributed by atoms with Gasteiger partial charge in [0.25, 0.3) is 5.91 Å². The van der Waals surface area contributed by atoms with Crippen molar-refractivity contribution in [3.05, 3.63) is 29.3 Å². The number of aliphatic carboxylic acids is 1. The van der Waals surface area contributed by atoms with Crippen molar-refractivity contribution in [2.75, 3.05) is 18.4 Å². The number of hydrogen-bond acceptors (Lipinski definition) is 3. The normalized spacial score (nSPS) is 24.2. The summed E-state index contributed by atoms with van der Waals surface area (Å²) < 4.78 is 0. The Kier molecular flexibility index (Phi) is 3.37. The molecule has 126 valence electrons. The van der Waals surface area contributed by atoms with Crippen LogP contribution in [0.5, 0.6) is 0 Å². The third-order valence-corrected chi connectivity index (χ3v) is 5.78. The summed E-state index contributed by atoms with van der Waals surface area (Å²) in [5.74, 6) is -0.911. The summed E-state index contributed by atoms with van der Waals surface area (Å²) in [6.07, 6.45) is 3.41. The van der Waals surface area contributed by atoms with E-state index in [0.717, 1.165) is 30.5 Å². The third kappa shape index (κ3) is 2.46. The molecular weight excluding hydrogens is 308 g/mol. The molecule has 0 bridgehead atoms. The van der Waals surface area contributed by atoms with Gasteiger partial charge < -0.3 is 15.3 Å². The highest BCUT2D eigenvalue weighted by Crippen LogP contribution is 2.59. The SMILES string of the molecule is O=C1CCc2cc(C(=O)N3CCC4(CC3)CC4C(=O)O)ccc2N1. The minimum Gasteiger partial charge on any atom is -0.481 e. The second kappa shape index (κ2) is 5.33. The topological polar surface area (TPSA) is 86.7 Å². The summed E-state index contributed by atoms with van der Waals surface area (Å²) in [6.45, 7) is 1.24. The molecule has 6 nitrogen and oxygen atoms in total. The number of carbonyl (C=O) groups excluding carboxylic acids is 2. The van der Waals surface area contributed by atoms with Gasteiger partial charge in [0.1, 0.15) is 0 Å². The highest BCUT2D eigenvalue weighted by atomic mass is 16.4. The highest BCUT2D eigenvalue weighted by molar-refractivity contribution is 5.98. The fourth-order valence-corrected chi connectivity index (χ4v) is 4.10. The van der Waals surface area contributed by atoms with Gasteiger partial charge in [0.15, 0.2) is 0 Å². The number of carboxylic acid groups (broad SMARTS) is 1. The number of nitrogens with zero attached hydrogens (tertiary/aromatic N) is 1. The second-order valence-corrected chi connectivity index (χ2v) is 7.17. The summed E-state index contributed by atoms with van der Waals surface area (Å²) in [4.78, 5) is 37.1. The lowest BCUT2D eigenvalue weighted by molar-refractivity contribution is -0.139. The molecule has 6 heteroatoms. The number of nitrogens with one attached hydrogen (secondary N) is 1. The van der Waals surface area contributed by atoms with Gasteiger partial charge in [-0.15, -0.1) is 0 Å². The van der Waals surface area contributed by atoms with Crippen molar-refractivity contribution in [1.82, 2.24) is 4.90 Å². The number of anilines is 1. The summed E-state index contributed by atoms with van der Waals surface area (Å²) >= 11 is 0. The van der Waals surface area contributed by atoms with Crippen molar-refractivity contribution in [1.29, 1.82) is 0 Å². The minimum atomic E-state index is -0.702. The van der Waals surface area contributed by atoms with E-state index in [1.54, 1.807) is 12.1 Å². The maximum atomic E-state index is 12.7. The van der Waals surface area contributed by atoms with E-state index in [2.05, 4.69) is 5.32 Å². The number of likely N-dealkylation sites (tertiary alicyclic amines) is 1. The second-order valence-electron chi connectivity index (χ2n) is 7.17. The lowest BCUT2D eigenvalue weighted by Gasteiger charge is -2.33. The van der Waals surface area contributed by atoms with Crippen molar-refractivity contribution >= 4 is 23.5 Å². The molecule has 1 atom stereocenters. The number of piperidine rings is 1. The van der Waals surface area contributed by atoms with Crippen molar-refractivity contribution in [3.8, 4) is 0 Å². The van der Waals surface area contributed by atoms with Crippen molar-refractivity contribution in [2.45, 2.75) is 32.1 Å². The van der Waals surface area contributed by atoms with Crippen LogP contribution in [0.2, 0.25) is 0 Å². The van der Waals surface area contributed by atoms with E-state index in [0.29, 0.717) is 31.5 Å². The summed E-state index contributed by atoms with van der Waals surface area (Å²) in [5, 5.41) is 12.0. The number of aryl methyl sites for hydroxylation is 1. The van der Waals surface area contributed by atoms with E-state index >= 15 is 0 Å². The minimum absolute atomic E-state index is 0.00271. The molecule has 1 aromatic carbocycles. The van der Waals surface area contributed by atoms with Crippen LogP contribution in [-0.2, 0) is 16.0 Å². The molecule has 1 saturated heterocycles. The van der Waals surface area contributed by atoms with E-state index in [1.165, 1.54) is 0 Å². The lowest BCUT2D eigenvalue weighted by atomic mass is 9.90. The van der Waals surface area contributed by atoms with Gasteiger partial charge in [-0.25, -0.2) is 0 Å². The molecular formula is C18H20N2O4. The van der Waals surface area contributed by atoms with E-state index in [9.17, 15) is 14.4 Å². The number of amides is 2. The number of benzene rings is 1. The average Bonchev–Trinajstić information content (AvgIpc) is 3.28. The standard InChI is InChI=1S/C18H20N2O4/c21-15-4-2-11-9-12(1-3-14(11)19-15)16(22)20-7-5-18(6-8-20)10-13(18)17(23)24/h1,3,9,13H,2,4-8,10H2,(H,19,21)(H,23,24). The van der Waals surface area contributed by atoms with Gasteiger partial charge in [-0.3, -0.25) is 14.4 Å². The molecule has 1 spiro atoms. The van der Waals surface area contributed by atoms with Crippen LogP contribution in [0.1, 0.15) is 41.6 Å². The molecule has 24 heavy (non-hydrogen) atoms. The quantitative estimate of drug-likeness (QED) is 0.868. The fourth-order valence-electron chi connectivity index (χ4n) is 4.10. The Balaban J connectivity index is 1.44. The molecule has 0 aromatic heterocycles. The fraction of sp³-hybridized carbons (Fsp3) is 0.500. The molecule has 3 aliphatic rings. The highest BCUT2D eigenvalue weighted by Gasteiger charge is 2.59. The van der Waals surface area contributed by atoms with Gasteiger partial charge in [-0.05, 0) is 54.9 Å². The van der Waals surface area contributed by atoms with Gasteiger partial charge in [-0.1, -0.05) is 0 Å². The third-order valence-electron chi connectivity index (χ3n) is 5.78. The Morgan fingerprint density at radius 3 is 2.62 bits per heavy atom. The molecule has 2 aliphatic heterocycles. The first-order valence-electron chi connectivity index (χ1n) is 8.43. The molecule has 2 fully saturated rings. The van der Waals surface area contributed by atoms with Crippen LogP contribution in [0.15, 0.2) is 18.2 Å². The molecule has 2 amide bonds. The predicted octanol–water partition coefficient (Wildman–Crippen LogP) is 1.90. The van der Waals surface area contributed by atoms with Crippen LogP contribution in [-0.4, -0.2) is 40.9 Å². The van der Waals surface area contributed by atoms with Crippen LogP contribution in [0, 0.1) is 11.3 Å². The Labute approximate surface area is 139 Å². The Bertz CT molecular complexity index is 735. The van der Waals surface area contributed by atoms with E-state index in [4.69, 9.17) is 5.11 Å². The zero-order valence-corrected chi connectivity index (χ0v) is 13.4. The molecule has 1 unspecified atom stereocenters. The summed E-state index contributed by atoms with van der Waals surface area (Å²) in [5.41, 5.74) is 2.37. The predicted molar refractivity (Wildman–Crippen MR) is 86.7 cm³/mol. The van der Waals surface area contributed by atoms with Gasteiger partial charge >= 0.3 is 5.97 Å². The number of fused-ring (bicyclic) bond motifs is 1. The maximum Gasteiger partial charge on any atom is 0.307 e. The first-order valence-corrected chi connectivity index (χ1v) is 8.43. The zero-order chi connectivity index (χ0) is 16.9. The van der Waals surface area contributed by atoms with Crippen LogP contribution in [0.3, 0.4) is 0 Å². The van der Waals surface area contributed by atoms with E-state index in [-0.39, 0.29) is 23.1 Å². The Morgan fingerprint density at radius 1 is 1.21 bits per heavy atom. The summed E-state index contributed by atoms with van der Waals surface area (Å²) in [7, 11) is 0. The Morgan fingerprint density at radius 2 is 1.96 bits per heavy atom. The van der Waals surface area contributed by atoms with Gasteiger partial charge in [0.05, 0.1) is 5.92 Å². The summed E-state index contributed by atoms with van der Waals surface area (Å²) in [6, 6.07) is 5.43. The van der Waals surface area contributed by atoms with Crippen LogP contribution < -0.4 is 5.32 Å². The molecule has 2 heterocycles. The number of carbonyl (C=O) groups is 3. The Hall–Kier alpha value is -2.37. The maximum absolute atomic E-state index is 12.7. The zero-order valence-electron chi connectivity index (χ0n) is 13.4. The van der Waals surface area contributed by atoms with Gasteiger partial charge in [0.2, 0.25) is 5.91 Å². The van der Waals surface area contributed by atoms with Crippen molar-refractivity contribution in [3.63, 3.8) is 0 Å². The average molecular weight is 328 g/mol. The molecule has 1 aliphatic carbocycles. The molecule has 1 saturated carbocycles. The number of rotatable bonds is 2. The van der Waals surface area contributed by atoms with Crippen molar-refractivity contribution in [2.24, 2.45) is 11.3 Å². The number of carboxylic acids is 1. The largest absolute Gasteiger partial charge is 0.481 e. The smallest absolute Gasteiger partial charge is 0.307 e. The number of hydrogen-bond donors (Lipinski definition) is 2. The van der Waals surface area contributed by atoms with Crippen LogP contribution in [0.4, 0.5) is 5.69 Å². The van der Waals surface area contributed by atoms with Gasteiger partial charge in [0, 0.05) is 30.8 Å².